The Morgan fingerprint density at radius 1 is 1.10 bits per heavy atom. The van der Waals surface area contributed by atoms with Crippen LogP contribution in [0, 0.1) is 13.8 Å². The number of pyridine rings is 2. The van der Waals surface area contributed by atoms with Crippen molar-refractivity contribution in [1.82, 2.24) is 19.5 Å². The van der Waals surface area contributed by atoms with Crippen LogP contribution in [0.2, 0.25) is 0 Å². The van der Waals surface area contributed by atoms with Gasteiger partial charge >= 0.3 is 0 Å². The molecule has 102 valence electrons. The maximum Gasteiger partial charge on any atom is 0.160 e. The van der Waals surface area contributed by atoms with E-state index >= 15 is 0 Å². The molecule has 0 N–H and O–H groups in total. The minimum atomic E-state index is 0.363. The van der Waals surface area contributed by atoms with Crippen LogP contribution >= 0.6 is 11.6 Å². The molecule has 3 aromatic heterocycles. The summed E-state index contributed by atoms with van der Waals surface area (Å²) in [5, 5.41) is 0. The fraction of sp³-hybridized carbons (Fsp3) is 0.267. The van der Waals surface area contributed by atoms with Crippen molar-refractivity contribution in [3.05, 3.63) is 53.2 Å². The number of alkyl halides is 1. The number of fused-ring (bicyclic) bond motifs is 1. The lowest BCUT2D eigenvalue weighted by atomic mass is 10.2. The third-order valence-electron chi connectivity index (χ3n) is 3.46. The van der Waals surface area contributed by atoms with Gasteiger partial charge in [0.05, 0.1) is 18.1 Å². The molecule has 0 unspecified atom stereocenters. The number of aromatic nitrogens is 4. The van der Waals surface area contributed by atoms with Gasteiger partial charge in [0.1, 0.15) is 11.3 Å². The number of imidazole rings is 1. The zero-order valence-electron chi connectivity index (χ0n) is 11.5. The molecule has 0 atom stereocenters. The Bertz CT molecular complexity index is 764. The highest BCUT2D eigenvalue weighted by Crippen LogP contribution is 2.20. The van der Waals surface area contributed by atoms with Crippen molar-refractivity contribution < 1.29 is 0 Å². The van der Waals surface area contributed by atoms with Gasteiger partial charge in [-0.25, -0.2) is 9.97 Å². The van der Waals surface area contributed by atoms with Crippen molar-refractivity contribution in [3.63, 3.8) is 0 Å². The van der Waals surface area contributed by atoms with E-state index in [4.69, 9.17) is 11.6 Å². The van der Waals surface area contributed by atoms with Crippen molar-refractivity contribution in [2.24, 2.45) is 0 Å². The molecule has 0 aliphatic heterocycles. The van der Waals surface area contributed by atoms with Crippen LogP contribution in [0.3, 0.4) is 0 Å². The van der Waals surface area contributed by atoms with E-state index in [9.17, 15) is 0 Å². The summed E-state index contributed by atoms with van der Waals surface area (Å²) in [6.07, 6.45) is 3.61. The second-order valence-corrected chi connectivity index (χ2v) is 5.08. The fourth-order valence-electron chi connectivity index (χ4n) is 2.29. The summed E-state index contributed by atoms with van der Waals surface area (Å²) in [7, 11) is 0. The van der Waals surface area contributed by atoms with Gasteiger partial charge in [-0.3, -0.25) is 4.98 Å². The molecule has 0 spiro atoms. The predicted molar refractivity (Wildman–Crippen MR) is 79.9 cm³/mol. The molecule has 0 aliphatic rings. The van der Waals surface area contributed by atoms with E-state index in [1.54, 1.807) is 12.4 Å². The Morgan fingerprint density at radius 2 is 1.95 bits per heavy atom. The average Bonchev–Trinajstić information content (AvgIpc) is 2.81. The molecule has 0 saturated carbocycles. The van der Waals surface area contributed by atoms with Crippen molar-refractivity contribution in [1.29, 1.82) is 0 Å². The lowest BCUT2D eigenvalue weighted by Crippen LogP contribution is -2.07. The second-order valence-electron chi connectivity index (χ2n) is 4.81. The third-order valence-corrected chi connectivity index (χ3v) is 3.70. The predicted octanol–water partition coefficient (Wildman–Crippen LogP) is 3.23. The van der Waals surface area contributed by atoms with Crippen molar-refractivity contribution in [3.8, 4) is 0 Å². The third kappa shape index (κ3) is 2.16. The van der Waals surface area contributed by atoms with Gasteiger partial charge in [-0.05, 0) is 37.1 Å². The van der Waals surface area contributed by atoms with E-state index in [-0.39, 0.29) is 0 Å². The maximum atomic E-state index is 6.03. The Balaban J connectivity index is 2.15. The quantitative estimate of drug-likeness (QED) is 0.694. The highest BCUT2D eigenvalue weighted by molar-refractivity contribution is 6.16. The zero-order chi connectivity index (χ0) is 14.1. The monoisotopic (exact) mass is 286 g/mol. The summed E-state index contributed by atoms with van der Waals surface area (Å²) in [4.78, 5) is 13.5. The van der Waals surface area contributed by atoms with E-state index < -0.39 is 0 Å². The second kappa shape index (κ2) is 5.21. The molecule has 5 heteroatoms. The van der Waals surface area contributed by atoms with E-state index in [0.29, 0.717) is 12.4 Å². The molecule has 3 heterocycles. The van der Waals surface area contributed by atoms with Gasteiger partial charge in [0.15, 0.2) is 5.65 Å². The van der Waals surface area contributed by atoms with Gasteiger partial charge in [0, 0.05) is 12.4 Å². The van der Waals surface area contributed by atoms with Gasteiger partial charge in [0.2, 0.25) is 0 Å². The minimum Gasteiger partial charge on any atom is -0.306 e. The van der Waals surface area contributed by atoms with Crippen molar-refractivity contribution >= 4 is 22.8 Å². The molecule has 20 heavy (non-hydrogen) atoms. The van der Waals surface area contributed by atoms with Crippen LogP contribution in [-0.4, -0.2) is 19.5 Å². The first kappa shape index (κ1) is 13.1. The van der Waals surface area contributed by atoms with E-state index in [0.717, 1.165) is 33.8 Å². The summed E-state index contributed by atoms with van der Waals surface area (Å²) in [6, 6.07) is 5.96. The SMILES string of the molecule is Cc1cccnc1Cn1c(CCl)nc2c(C)ccnc21. The fourth-order valence-corrected chi connectivity index (χ4v) is 2.49. The van der Waals surface area contributed by atoms with Gasteiger partial charge < -0.3 is 4.57 Å². The minimum absolute atomic E-state index is 0.363. The molecule has 0 radical (unpaired) electrons. The maximum absolute atomic E-state index is 6.03. The van der Waals surface area contributed by atoms with E-state index in [2.05, 4.69) is 27.9 Å². The summed E-state index contributed by atoms with van der Waals surface area (Å²) in [5.74, 6) is 1.19. The zero-order valence-corrected chi connectivity index (χ0v) is 12.2. The first-order valence-corrected chi connectivity index (χ1v) is 7.01. The first-order chi connectivity index (χ1) is 9.70. The van der Waals surface area contributed by atoms with Crippen LogP contribution in [-0.2, 0) is 12.4 Å². The molecule has 0 amide bonds. The topological polar surface area (TPSA) is 43.6 Å². The van der Waals surface area contributed by atoms with Crippen LogP contribution in [0.5, 0.6) is 0 Å². The Morgan fingerprint density at radius 3 is 2.70 bits per heavy atom. The van der Waals surface area contributed by atoms with Crippen LogP contribution < -0.4 is 0 Å². The number of aryl methyl sites for hydroxylation is 2. The Kier molecular flexibility index (Phi) is 3.40. The van der Waals surface area contributed by atoms with E-state index in [1.165, 1.54) is 0 Å². The lowest BCUT2D eigenvalue weighted by Gasteiger charge is -2.08. The highest BCUT2D eigenvalue weighted by atomic mass is 35.5. The van der Waals surface area contributed by atoms with Crippen molar-refractivity contribution in [2.45, 2.75) is 26.3 Å². The van der Waals surface area contributed by atoms with Gasteiger partial charge in [-0.2, -0.15) is 0 Å². The smallest absolute Gasteiger partial charge is 0.160 e. The lowest BCUT2D eigenvalue weighted by molar-refractivity contribution is 0.745. The molecular weight excluding hydrogens is 272 g/mol. The van der Waals surface area contributed by atoms with Crippen LogP contribution in [0.15, 0.2) is 30.6 Å². The number of hydrogen-bond donors (Lipinski definition) is 0. The summed E-state index contributed by atoms with van der Waals surface area (Å²) >= 11 is 6.03. The average molecular weight is 287 g/mol. The molecule has 4 nitrogen and oxygen atoms in total. The van der Waals surface area contributed by atoms with Gasteiger partial charge in [0.25, 0.3) is 0 Å². The van der Waals surface area contributed by atoms with Gasteiger partial charge in [-0.1, -0.05) is 6.07 Å². The molecule has 0 aromatic carbocycles. The molecule has 0 bridgehead atoms. The number of hydrogen-bond acceptors (Lipinski definition) is 3. The van der Waals surface area contributed by atoms with Crippen LogP contribution in [0.4, 0.5) is 0 Å². The van der Waals surface area contributed by atoms with Gasteiger partial charge in [-0.15, -0.1) is 11.6 Å². The molecule has 0 aliphatic carbocycles. The normalized spacial score (nSPS) is 11.2. The summed E-state index contributed by atoms with van der Waals surface area (Å²) in [6.45, 7) is 4.73. The molecular formula is C15H15ClN4. The van der Waals surface area contributed by atoms with Crippen LogP contribution in [0.1, 0.15) is 22.6 Å². The number of halogens is 1. The molecule has 3 rings (SSSR count). The molecule has 3 aromatic rings. The first-order valence-electron chi connectivity index (χ1n) is 6.48. The standard InChI is InChI=1S/C15H15ClN4/c1-10-4-3-6-17-12(10)9-20-13(8-16)19-14-11(2)5-7-18-15(14)20/h3-7H,8-9H2,1-2H3. The largest absolute Gasteiger partial charge is 0.306 e. The highest BCUT2D eigenvalue weighted by Gasteiger charge is 2.14. The number of rotatable bonds is 3. The summed E-state index contributed by atoms with van der Waals surface area (Å²) < 4.78 is 2.05. The van der Waals surface area contributed by atoms with Crippen LogP contribution in [0.25, 0.3) is 11.2 Å². The molecule has 0 fully saturated rings. The number of nitrogens with zero attached hydrogens (tertiary/aromatic N) is 4. The molecule has 0 saturated heterocycles. The van der Waals surface area contributed by atoms with E-state index in [1.807, 2.05) is 23.6 Å². The summed E-state index contributed by atoms with van der Waals surface area (Å²) in [5.41, 5.74) is 5.06. The Labute approximate surface area is 122 Å². The van der Waals surface area contributed by atoms with Crippen molar-refractivity contribution in [2.75, 3.05) is 0 Å². The Hall–Kier alpha value is -1.94.